The van der Waals surface area contributed by atoms with Crippen LogP contribution in [-0.2, 0) is 9.53 Å². The second-order valence-electron chi connectivity index (χ2n) is 3.54. The number of carbonyl (C=O) groups is 1. The predicted molar refractivity (Wildman–Crippen MR) is 63.4 cm³/mol. The number of hydrogen-bond acceptors (Lipinski definition) is 5. The molecular formula is C9H15ClN2O2S. The number of rotatable bonds is 5. The molecule has 0 aromatic rings. The van der Waals surface area contributed by atoms with Crippen LogP contribution in [0.4, 0.5) is 0 Å². The van der Waals surface area contributed by atoms with Gasteiger partial charge >= 0.3 is 5.97 Å². The molecule has 1 atom stereocenters. The number of nitrogens with zero attached hydrogens (tertiary/aromatic N) is 1. The molecule has 0 spiro atoms. The van der Waals surface area contributed by atoms with Gasteiger partial charge in [-0.15, -0.1) is 11.8 Å². The van der Waals surface area contributed by atoms with Crippen molar-refractivity contribution in [2.24, 2.45) is 4.99 Å². The van der Waals surface area contributed by atoms with E-state index in [9.17, 15) is 4.79 Å². The Labute approximate surface area is 98.9 Å². The van der Waals surface area contributed by atoms with Crippen molar-refractivity contribution in [3.63, 3.8) is 0 Å². The fourth-order valence-corrected chi connectivity index (χ4v) is 2.59. The predicted octanol–water partition coefficient (Wildman–Crippen LogP) is 1.59. The lowest BCUT2D eigenvalue weighted by Crippen LogP contribution is -2.43. The number of methoxy groups -OCH3 is 1. The Hall–Kier alpha value is -0.260. The molecule has 1 rings (SSSR count). The molecule has 1 unspecified atom stereocenters. The molecule has 86 valence electrons. The number of nitrogens with one attached hydrogen (secondary N) is 1. The van der Waals surface area contributed by atoms with E-state index in [0.717, 1.165) is 17.3 Å². The van der Waals surface area contributed by atoms with Crippen molar-refractivity contribution in [2.75, 3.05) is 19.4 Å². The molecule has 4 nitrogen and oxygen atoms in total. The Morgan fingerprint density at radius 2 is 2.53 bits per heavy atom. The maximum atomic E-state index is 11.0. The van der Waals surface area contributed by atoms with E-state index in [-0.39, 0.29) is 5.97 Å². The standard InChI is InChI=1S/C9H15ClN2O2S/c1-9(12-10,4-3-7(13)14-2)8-11-5-6-15-8/h12H,3-6H2,1-2H3. The van der Waals surface area contributed by atoms with E-state index in [0.29, 0.717) is 12.8 Å². The van der Waals surface area contributed by atoms with Crippen LogP contribution in [0.2, 0.25) is 0 Å². The molecule has 1 heterocycles. The van der Waals surface area contributed by atoms with Crippen molar-refractivity contribution in [1.29, 1.82) is 0 Å². The Morgan fingerprint density at radius 3 is 3.00 bits per heavy atom. The van der Waals surface area contributed by atoms with Crippen LogP contribution in [0.5, 0.6) is 0 Å². The van der Waals surface area contributed by atoms with Gasteiger partial charge in [-0.05, 0) is 25.1 Å². The summed E-state index contributed by atoms with van der Waals surface area (Å²) in [6, 6.07) is 0. The van der Waals surface area contributed by atoms with Gasteiger partial charge in [0.15, 0.2) is 0 Å². The Morgan fingerprint density at radius 1 is 1.80 bits per heavy atom. The first kappa shape index (κ1) is 12.8. The quantitative estimate of drug-likeness (QED) is 0.595. The number of halogens is 1. The maximum absolute atomic E-state index is 11.0. The minimum Gasteiger partial charge on any atom is -0.469 e. The van der Waals surface area contributed by atoms with Crippen LogP contribution in [0, 0.1) is 0 Å². The largest absolute Gasteiger partial charge is 0.469 e. The lowest BCUT2D eigenvalue weighted by atomic mass is 9.98. The molecule has 15 heavy (non-hydrogen) atoms. The summed E-state index contributed by atoms with van der Waals surface area (Å²) in [6.07, 6.45) is 0.932. The summed E-state index contributed by atoms with van der Waals surface area (Å²) < 4.78 is 4.60. The highest BCUT2D eigenvalue weighted by atomic mass is 35.5. The van der Waals surface area contributed by atoms with Gasteiger partial charge < -0.3 is 4.74 Å². The van der Waals surface area contributed by atoms with Crippen LogP contribution in [0.25, 0.3) is 0 Å². The molecule has 0 aliphatic carbocycles. The van der Waals surface area contributed by atoms with Gasteiger partial charge in [-0.3, -0.25) is 9.79 Å². The molecule has 0 saturated carbocycles. The monoisotopic (exact) mass is 250 g/mol. The fraction of sp³-hybridized carbons (Fsp3) is 0.778. The molecular weight excluding hydrogens is 236 g/mol. The lowest BCUT2D eigenvalue weighted by Gasteiger charge is -2.26. The molecule has 6 heteroatoms. The van der Waals surface area contributed by atoms with Crippen molar-refractivity contribution in [3.05, 3.63) is 0 Å². The smallest absolute Gasteiger partial charge is 0.305 e. The Kier molecular flexibility index (Phi) is 4.89. The maximum Gasteiger partial charge on any atom is 0.305 e. The Bertz CT molecular complexity index is 273. The topological polar surface area (TPSA) is 50.7 Å². The second kappa shape index (κ2) is 5.72. The molecule has 1 N–H and O–H groups in total. The third-order valence-corrected chi connectivity index (χ3v) is 3.98. The zero-order chi connectivity index (χ0) is 11.3. The summed E-state index contributed by atoms with van der Waals surface area (Å²) >= 11 is 7.40. The van der Waals surface area contributed by atoms with Crippen molar-refractivity contribution >= 4 is 34.6 Å². The first-order valence-corrected chi connectivity index (χ1v) is 6.11. The van der Waals surface area contributed by atoms with E-state index in [1.54, 1.807) is 11.8 Å². The van der Waals surface area contributed by atoms with Gasteiger partial charge in [0, 0.05) is 18.7 Å². The number of esters is 1. The van der Waals surface area contributed by atoms with Crippen molar-refractivity contribution in [1.82, 2.24) is 4.84 Å². The van der Waals surface area contributed by atoms with Gasteiger partial charge in [0.1, 0.15) is 0 Å². The number of aliphatic imine (C=N–C) groups is 1. The first-order chi connectivity index (χ1) is 7.12. The van der Waals surface area contributed by atoms with Crippen LogP contribution in [-0.4, -0.2) is 36.0 Å². The van der Waals surface area contributed by atoms with E-state index < -0.39 is 5.54 Å². The van der Waals surface area contributed by atoms with Gasteiger partial charge in [0.05, 0.1) is 17.7 Å². The number of thioether (sulfide) groups is 1. The third-order valence-electron chi connectivity index (χ3n) is 2.32. The highest BCUT2D eigenvalue weighted by Gasteiger charge is 2.32. The van der Waals surface area contributed by atoms with E-state index in [1.165, 1.54) is 7.11 Å². The molecule has 0 saturated heterocycles. The average molecular weight is 251 g/mol. The first-order valence-electron chi connectivity index (χ1n) is 4.75. The SMILES string of the molecule is COC(=O)CCC(C)(NCl)C1=NCCS1. The van der Waals surface area contributed by atoms with Crippen LogP contribution >= 0.6 is 23.5 Å². The van der Waals surface area contributed by atoms with Crippen LogP contribution in [0.15, 0.2) is 4.99 Å². The van der Waals surface area contributed by atoms with E-state index in [2.05, 4.69) is 14.6 Å². The highest BCUT2D eigenvalue weighted by Crippen LogP contribution is 2.26. The van der Waals surface area contributed by atoms with Gasteiger partial charge in [-0.1, -0.05) is 0 Å². The van der Waals surface area contributed by atoms with E-state index in [1.807, 2.05) is 6.92 Å². The summed E-state index contributed by atoms with van der Waals surface area (Å²) in [5, 5.41) is 0.974. The summed E-state index contributed by atoms with van der Waals surface area (Å²) in [4.78, 5) is 18.1. The minimum absolute atomic E-state index is 0.225. The van der Waals surface area contributed by atoms with Gasteiger partial charge in [0.2, 0.25) is 0 Å². The highest BCUT2D eigenvalue weighted by molar-refractivity contribution is 8.14. The molecule has 0 fully saturated rings. The third kappa shape index (κ3) is 3.36. The van der Waals surface area contributed by atoms with Crippen molar-refractivity contribution in [3.8, 4) is 0 Å². The second-order valence-corrected chi connectivity index (χ2v) is 4.81. The minimum atomic E-state index is -0.420. The lowest BCUT2D eigenvalue weighted by molar-refractivity contribution is -0.140. The van der Waals surface area contributed by atoms with Crippen LogP contribution in [0.1, 0.15) is 19.8 Å². The summed E-state index contributed by atoms with van der Waals surface area (Å²) in [5.74, 6) is 0.763. The van der Waals surface area contributed by atoms with Crippen LogP contribution < -0.4 is 4.84 Å². The van der Waals surface area contributed by atoms with Gasteiger partial charge in [-0.25, -0.2) is 4.84 Å². The molecule has 0 amide bonds. The fourth-order valence-electron chi connectivity index (χ4n) is 1.32. The summed E-state index contributed by atoms with van der Waals surface area (Å²) in [7, 11) is 1.38. The molecule has 0 bridgehead atoms. The van der Waals surface area contributed by atoms with E-state index >= 15 is 0 Å². The normalized spacial score (nSPS) is 19.5. The summed E-state index contributed by atoms with van der Waals surface area (Å²) in [6.45, 7) is 2.77. The van der Waals surface area contributed by atoms with Crippen LogP contribution in [0.3, 0.4) is 0 Å². The zero-order valence-electron chi connectivity index (χ0n) is 8.88. The van der Waals surface area contributed by atoms with E-state index in [4.69, 9.17) is 11.8 Å². The van der Waals surface area contributed by atoms with Gasteiger partial charge in [-0.2, -0.15) is 0 Å². The molecule has 0 radical (unpaired) electrons. The Balaban J connectivity index is 2.56. The summed E-state index contributed by atoms with van der Waals surface area (Å²) in [5.41, 5.74) is -0.420. The van der Waals surface area contributed by atoms with Gasteiger partial charge in [0.25, 0.3) is 0 Å². The average Bonchev–Trinajstić information content (AvgIpc) is 2.79. The molecule has 0 aromatic heterocycles. The number of ether oxygens (including phenoxy) is 1. The molecule has 1 aliphatic rings. The van der Waals surface area contributed by atoms with Crippen molar-refractivity contribution in [2.45, 2.75) is 25.3 Å². The number of hydrogen-bond donors (Lipinski definition) is 1. The van der Waals surface area contributed by atoms with Crippen molar-refractivity contribution < 1.29 is 9.53 Å². The molecule has 0 aromatic carbocycles. The molecule has 1 aliphatic heterocycles. The zero-order valence-corrected chi connectivity index (χ0v) is 10.5. The number of carbonyl (C=O) groups excluding carboxylic acids is 1.